The molecule has 0 aliphatic carbocycles. The summed E-state index contributed by atoms with van der Waals surface area (Å²) in [5.74, 6) is 3.12. The Hall–Kier alpha value is -0.306. The minimum Gasteiger partial charge on any atom is -0.413 e. The molecule has 0 N–H and O–H groups in total. The molecular formula is C14H28OSi2. The highest BCUT2D eigenvalue weighted by Gasteiger charge is 2.36. The Labute approximate surface area is 110 Å². The van der Waals surface area contributed by atoms with E-state index in [4.69, 9.17) is 4.43 Å². The van der Waals surface area contributed by atoms with Gasteiger partial charge in [-0.2, -0.15) is 0 Å². The Morgan fingerprint density at radius 2 is 1.59 bits per heavy atom. The second kappa shape index (κ2) is 6.04. The Morgan fingerprint density at radius 1 is 1.06 bits per heavy atom. The van der Waals surface area contributed by atoms with E-state index in [0.717, 1.165) is 0 Å². The number of allylic oxidation sites excluding steroid dienone is 1. The third-order valence-electron chi connectivity index (χ3n) is 2.99. The first kappa shape index (κ1) is 16.7. The minimum absolute atomic E-state index is 0.283. The molecule has 0 spiro atoms. The third-order valence-corrected chi connectivity index (χ3v) is 8.39. The van der Waals surface area contributed by atoms with Gasteiger partial charge < -0.3 is 4.43 Å². The van der Waals surface area contributed by atoms with Crippen molar-refractivity contribution in [2.45, 2.75) is 58.5 Å². The zero-order chi connectivity index (χ0) is 13.7. The van der Waals surface area contributed by atoms with Crippen molar-refractivity contribution in [1.29, 1.82) is 0 Å². The topological polar surface area (TPSA) is 9.23 Å². The maximum absolute atomic E-state index is 6.02. The van der Waals surface area contributed by atoms with E-state index in [2.05, 4.69) is 65.0 Å². The molecule has 0 unspecified atom stereocenters. The molecule has 98 valence electrons. The lowest BCUT2D eigenvalue weighted by atomic mass is 10.2. The average Bonchev–Trinajstić information content (AvgIpc) is 2.07. The Balaban J connectivity index is 4.16. The predicted molar refractivity (Wildman–Crippen MR) is 83.4 cm³/mol. The molecule has 0 radical (unpaired) electrons. The zero-order valence-corrected chi connectivity index (χ0v) is 14.8. The van der Waals surface area contributed by atoms with E-state index in [-0.39, 0.29) is 5.04 Å². The molecule has 0 fully saturated rings. The predicted octanol–water partition coefficient (Wildman–Crippen LogP) is 4.45. The van der Waals surface area contributed by atoms with E-state index in [1.807, 2.05) is 12.2 Å². The van der Waals surface area contributed by atoms with E-state index in [1.165, 1.54) is 0 Å². The summed E-state index contributed by atoms with van der Waals surface area (Å²) in [7, 11) is -2.82. The van der Waals surface area contributed by atoms with Crippen molar-refractivity contribution < 1.29 is 4.43 Å². The molecule has 0 aromatic carbocycles. The van der Waals surface area contributed by atoms with E-state index in [1.54, 1.807) is 0 Å². The van der Waals surface area contributed by atoms with Crippen molar-refractivity contribution >= 4 is 16.4 Å². The fourth-order valence-corrected chi connectivity index (χ4v) is 2.30. The van der Waals surface area contributed by atoms with Crippen LogP contribution in [0.15, 0.2) is 12.2 Å². The number of rotatable bonds is 3. The molecule has 0 heterocycles. The second-order valence-corrected chi connectivity index (χ2v) is 16.6. The van der Waals surface area contributed by atoms with Crippen molar-refractivity contribution in [2.24, 2.45) is 0 Å². The molecule has 0 amide bonds. The molecule has 0 saturated carbocycles. The molecule has 0 aromatic heterocycles. The lowest BCUT2D eigenvalue weighted by molar-refractivity contribution is 0.328. The summed E-state index contributed by atoms with van der Waals surface area (Å²) < 4.78 is 6.02. The average molecular weight is 269 g/mol. The van der Waals surface area contributed by atoms with Crippen LogP contribution in [0.25, 0.3) is 0 Å². The van der Waals surface area contributed by atoms with Crippen LogP contribution in [0.2, 0.25) is 37.8 Å². The maximum Gasteiger partial charge on any atom is 0.192 e. The van der Waals surface area contributed by atoms with Gasteiger partial charge in [0.15, 0.2) is 8.32 Å². The van der Waals surface area contributed by atoms with Crippen molar-refractivity contribution in [3.63, 3.8) is 0 Å². The summed E-state index contributed by atoms with van der Waals surface area (Å²) >= 11 is 0. The van der Waals surface area contributed by atoms with Crippen LogP contribution >= 0.6 is 0 Å². The Kier molecular flexibility index (Phi) is 5.93. The molecule has 3 heteroatoms. The summed E-state index contributed by atoms with van der Waals surface area (Å²) in [4.78, 5) is 0. The van der Waals surface area contributed by atoms with Gasteiger partial charge in [-0.15, -0.1) is 5.54 Å². The van der Waals surface area contributed by atoms with E-state index >= 15 is 0 Å². The van der Waals surface area contributed by atoms with Crippen LogP contribution in [0.4, 0.5) is 0 Å². The highest BCUT2D eigenvalue weighted by atomic mass is 28.4. The molecule has 17 heavy (non-hydrogen) atoms. The van der Waals surface area contributed by atoms with Crippen molar-refractivity contribution in [2.75, 3.05) is 6.61 Å². The van der Waals surface area contributed by atoms with Crippen LogP contribution in [-0.2, 0) is 4.43 Å². The van der Waals surface area contributed by atoms with Crippen LogP contribution < -0.4 is 0 Å². The van der Waals surface area contributed by atoms with Crippen molar-refractivity contribution in [1.82, 2.24) is 0 Å². The van der Waals surface area contributed by atoms with Gasteiger partial charge in [-0.1, -0.05) is 52.4 Å². The first-order chi connectivity index (χ1) is 7.46. The van der Waals surface area contributed by atoms with Gasteiger partial charge in [0, 0.05) is 0 Å². The molecular weight excluding hydrogens is 240 g/mol. The minimum atomic E-state index is -1.59. The molecule has 1 nitrogen and oxygen atoms in total. The van der Waals surface area contributed by atoms with Gasteiger partial charge in [-0.3, -0.25) is 0 Å². The fraction of sp³-hybridized carbons (Fsp3) is 0.714. The quantitative estimate of drug-likeness (QED) is 0.543. The van der Waals surface area contributed by atoms with Crippen LogP contribution in [0.1, 0.15) is 20.8 Å². The molecule has 0 saturated heterocycles. The van der Waals surface area contributed by atoms with Gasteiger partial charge in [0.25, 0.3) is 0 Å². The van der Waals surface area contributed by atoms with Crippen LogP contribution in [0, 0.1) is 11.5 Å². The van der Waals surface area contributed by atoms with E-state index in [0.29, 0.717) is 6.61 Å². The molecule has 0 aliphatic rings. The van der Waals surface area contributed by atoms with Gasteiger partial charge >= 0.3 is 0 Å². The molecule has 0 aliphatic heterocycles. The highest BCUT2D eigenvalue weighted by molar-refractivity contribution is 6.83. The summed E-state index contributed by atoms with van der Waals surface area (Å²) in [6, 6.07) is 0. The van der Waals surface area contributed by atoms with E-state index < -0.39 is 16.4 Å². The molecule has 0 aromatic rings. The maximum atomic E-state index is 6.02. The lowest BCUT2D eigenvalue weighted by Crippen LogP contribution is -2.40. The zero-order valence-electron chi connectivity index (χ0n) is 12.8. The van der Waals surface area contributed by atoms with Crippen molar-refractivity contribution in [3.8, 4) is 11.5 Å². The highest BCUT2D eigenvalue weighted by Crippen LogP contribution is 2.36. The molecule has 0 atom stereocenters. The summed E-state index contributed by atoms with van der Waals surface area (Å²) in [6.45, 7) is 18.8. The first-order valence-corrected chi connectivity index (χ1v) is 12.7. The van der Waals surface area contributed by atoms with E-state index in [9.17, 15) is 0 Å². The van der Waals surface area contributed by atoms with Crippen molar-refractivity contribution in [3.05, 3.63) is 12.2 Å². The van der Waals surface area contributed by atoms with Gasteiger partial charge in [0.2, 0.25) is 0 Å². The Bertz CT molecular complexity index is 319. The van der Waals surface area contributed by atoms with Crippen LogP contribution in [0.3, 0.4) is 0 Å². The normalized spacial score (nSPS) is 13.6. The SMILES string of the molecule is CC(C)(C)[Si](C)(C)OC/C=C\C#C[Si](C)(C)C. The summed E-state index contributed by atoms with van der Waals surface area (Å²) in [5, 5.41) is 0.283. The summed E-state index contributed by atoms with van der Waals surface area (Å²) in [6.07, 6.45) is 3.97. The third kappa shape index (κ3) is 7.59. The number of hydrogen-bond donors (Lipinski definition) is 0. The standard InChI is InChI=1S/C14H28OSi2/c1-14(2,3)17(7,8)15-12-10-9-11-13-16(4,5)6/h9-10H,12H2,1-8H3/b10-9-. The van der Waals surface area contributed by atoms with Crippen LogP contribution in [-0.4, -0.2) is 23.0 Å². The number of hydrogen-bond acceptors (Lipinski definition) is 1. The fourth-order valence-electron chi connectivity index (χ4n) is 0.838. The smallest absolute Gasteiger partial charge is 0.192 e. The molecule has 0 bridgehead atoms. The second-order valence-electron chi connectivity index (χ2n) is 6.99. The molecule has 0 rings (SSSR count). The van der Waals surface area contributed by atoms with Gasteiger partial charge in [0.05, 0.1) is 6.61 Å². The lowest BCUT2D eigenvalue weighted by Gasteiger charge is -2.35. The Morgan fingerprint density at radius 3 is 2.00 bits per heavy atom. The van der Waals surface area contributed by atoms with Gasteiger partial charge in [0.1, 0.15) is 8.07 Å². The monoisotopic (exact) mass is 268 g/mol. The van der Waals surface area contributed by atoms with Gasteiger partial charge in [-0.25, -0.2) is 0 Å². The van der Waals surface area contributed by atoms with Gasteiger partial charge in [-0.05, 0) is 24.2 Å². The first-order valence-electron chi connectivity index (χ1n) is 6.27. The summed E-state index contributed by atoms with van der Waals surface area (Å²) in [5.41, 5.74) is 3.31. The largest absolute Gasteiger partial charge is 0.413 e. The van der Waals surface area contributed by atoms with Crippen LogP contribution in [0.5, 0.6) is 0 Å².